The first kappa shape index (κ1) is 15.1. The Hall–Kier alpha value is -1.96. The van der Waals surface area contributed by atoms with Gasteiger partial charge in [-0.2, -0.15) is 5.26 Å². The Morgan fingerprint density at radius 2 is 2.00 bits per heavy atom. The van der Waals surface area contributed by atoms with Crippen LogP contribution in [0.4, 0.5) is 8.78 Å². The standard InChI is InChI=1S/C14H16F2N2O/c1-2-3-11(9-17)14(19)18-5-4-10-6-12(15)8-13(16)7-10/h6-8,11H,2-5H2,1H3,(H,18,19). The van der Waals surface area contributed by atoms with Crippen LogP contribution >= 0.6 is 0 Å². The third kappa shape index (κ3) is 5.04. The molecule has 0 spiro atoms. The lowest BCUT2D eigenvalue weighted by molar-refractivity contribution is -0.123. The van der Waals surface area contributed by atoms with Crippen LogP contribution in [0.25, 0.3) is 0 Å². The number of carbonyl (C=O) groups is 1. The van der Waals surface area contributed by atoms with Crippen LogP contribution in [0.2, 0.25) is 0 Å². The van der Waals surface area contributed by atoms with Gasteiger partial charge in [-0.05, 0) is 30.5 Å². The Morgan fingerprint density at radius 3 is 2.53 bits per heavy atom. The van der Waals surface area contributed by atoms with Crippen molar-refractivity contribution in [3.63, 3.8) is 0 Å². The second-order valence-corrected chi connectivity index (χ2v) is 4.29. The van der Waals surface area contributed by atoms with Gasteiger partial charge in [0.2, 0.25) is 5.91 Å². The van der Waals surface area contributed by atoms with Crippen molar-refractivity contribution in [2.24, 2.45) is 5.92 Å². The van der Waals surface area contributed by atoms with E-state index in [0.717, 1.165) is 12.5 Å². The van der Waals surface area contributed by atoms with Crippen LogP contribution in [0, 0.1) is 28.9 Å². The van der Waals surface area contributed by atoms with Gasteiger partial charge in [-0.3, -0.25) is 4.79 Å². The second kappa shape index (κ2) is 7.47. The Labute approximate surface area is 111 Å². The topological polar surface area (TPSA) is 52.9 Å². The molecular formula is C14H16F2N2O. The fourth-order valence-corrected chi connectivity index (χ4v) is 1.75. The van der Waals surface area contributed by atoms with Gasteiger partial charge in [0.1, 0.15) is 17.6 Å². The van der Waals surface area contributed by atoms with Crippen molar-refractivity contribution in [3.05, 3.63) is 35.4 Å². The molecule has 0 fully saturated rings. The first-order valence-corrected chi connectivity index (χ1v) is 6.19. The fourth-order valence-electron chi connectivity index (χ4n) is 1.75. The summed E-state index contributed by atoms with van der Waals surface area (Å²) in [5.74, 6) is -2.26. The van der Waals surface area contributed by atoms with Crippen LogP contribution in [0.5, 0.6) is 0 Å². The summed E-state index contributed by atoms with van der Waals surface area (Å²) in [5.41, 5.74) is 0.474. The summed E-state index contributed by atoms with van der Waals surface area (Å²) >= 11 is 0. The Morgan fingerprint density at radius 1 is 1.37 bits per heavy atom. The molecule has 1 N–H and O–H groups in total. The van der Waals surface area contributed by atoms with Crippen LogP contribution in [0.3, 0.4) is 0 Å². The van der Waals surface area contributed by atoms with Crippen LogP contribution in [0.1, 0.15) is 25.3 Å². The summed E-state index contributed by atoms with van der Waals surface area (Å²) in [6, 6.07) is 5.19. The third-order valence-corrected chi connectivity index (χ3v) is 2.68. The number of benzene rings is 1. The maximum absolute atomic E-state index is 12.9. The summed E-state index contributed by atoms with van der Waals surface area (Å²) in [6.45, 7) is 2.15. The first-order valence-electron chi connectivity index (χ1n) is 6.19. The number of carbonyl (C=O) groups excluding carboxylic acids is 1. The number of rotatable bonds is 6. The molecule has 1 rings (SSSR count). The number of amides is 1. The highest BCUT2D eigenvalue weighted by Gasteiger charge is 2.15. The number of nitriles is 1. The molecule has 1 atom stereocenters. The molecule has 0 aliphatic carbocycles. The van der Waals surface area contributed by atoms with Crippen LogP contribution in [-0.4, -0.2) is 12.5 Å². The van der Waals surface area contributed by atoms with E-state index in [0.29, 0.717) is 18.4 Å². The van der Waals surface area contributed by atoms with E-state index < -0.39 is 17.6 Å². The maximum Gasteiger partial charge on any atom is 0.237 e. The third-order valence-electron chi connectivity index (χ3n) is 2.68. The minimum Gasteiger partial charge on any atom is -0.355 e. The van der Waals surface area contributed by atoms with Gasteiger partial charge >= 0.3 is 0 Å². The van der Waals surface area contributed by atoms with E-state index >= 15 is 0 Å². The SMILES string of the molecule is CCCC(C#N)C(=O)NCCc1cc(F)cc(F)c1. The second-order valence-electron chi connectivity index (χ2n) is 4.29. The van der Waals surface area contributed by atoms with Crippen molar-refractivity contribution in [1.82, 2.24) is 5.32 Å². The maximum atomic E-state index is 12.9. The molecular weight excluding hydrogens is 250 g/mol. The molecule has 1 unspecified atom stereocenters. The van der Waals surface area contributed by atoms with Crippen molar-refractivity contribution >= 4 is 5.91 Å². The molecule has 0 saturated carbocycles. The number of hydrogen-bond acceptors (Lipinski definition) is 2. The molecule has 0 aromatic heterocycles. The molecule has 19 heavy (non-hydrogen) atoms. The molecule has 0 bridgehead atoms. The van der Waals surface area contributed by atoms with Gasteiger partial charge in [-0.25, -0.2) is 8.78 Å². The predicted molar refractivity (Wildman–Crippen MR) is 67.1 cm³/mol. The molecule has 0 aliphatic heterocycles. The van der Waals surface area contributed by atoms with E-state index in [1.54, 1.807) is 0 Å². The summed E-state index contributed by atoms with van der Waals surface area (Å²) in [7, 11) is 0. The minimum atomic E-state index is -0.658. The van der Waals surface area contributed by atoms with Crippen LogP contribution in [-0.2, 0) is 11.2 Å². The molecule has 0 heterocycles. The van der Waals surface area contributed by atoms with Crippen LogP contribution < -0.4 is 5.32 Å². The zero-order valence-corrected chi connectivity index (χ0v) is 10.7. The fraction of sp³-hybridized carbons (Fsp3) is 0.429. The van der Waals surface area contributed by atoms with Crippen molar-refractivity contribution < 1.29 is 13.6 Å². The monoisotopic (exact) mass is 266 g/mol. The zero-order valence-electron chi connectivity index (χ0n) is 10.7. The van der Waals surface area contributed by atoms with Gasteiger partial charge in [0.15, 0.2) is 0 Å². The summed E-state index contributed by atoms with van der Waals surface area (Å²) < 4.78 is 25.9. The summed E-state index contributed by atoms with van der Waals surface area (Å²) in [4.78, 5) is 11.6. The van der Waals surface area contributed by atoms with Crippen molar-refractivity contribution in [2.75, 3.05) is 6.54 Å². The average Bonchev–Trinajstić information content (AvgIpc) is 2.34. The molecule has 0 radical (unpaired) electrons. The van der Waals surface area contributed by atoms with Crippen molar-refractivity contribution in [3.8, 4) is 6.07 Å². The largest absolute Gasteiger partial charge is 0.355 e. The lowest BCUT2D eigenvalue weighted by atomic mass is 10.0. The number of hydrogen-bond donors (Lipinski definition) is 1. The average molecular weight is 266 g/mol. The van der Waals surface area contributed by atoms with E-state index in [1.165, 1.54) is 12.1 Å². The van der Waals surface area contributed by atoms with Gasteiger partial charge in [0, 0.05) is 12.6 Å². The molecule has 1 amide bonds. The summed E-state index contributed by atoms with van der Waals surface area (Å²) in [5, 5.41) is 11.4. The minimum absolute atomic E-state index is 0.254. The first-order chi connectivity index (χ1) is 9.06. The Balaban J connectivity index is 2.45. The molecule has 1 aromatic carbocycles. The van der Waals surface area contributed by atoms with E-state index in [4.69, 9.17) is 5.26 Å². The van der Waals surface area contributed by atoms with Gasteiger partial charge in [0.25, 0.3) is 0 Å². The van der Waals surface area contributed by atoms with E-state index in [1.807, 2.05) is 13.0 Å². The highest BCUT2D eigenvalue weighted by molar-refractivity contribution is 5.80. The van der Waals surface area contributed by atoms with Crippen molar-refractivity contribution in [2.45, 2.75) is 26.2 Å². The van der Waals surface area contributed by atoms with Crippen molar-refractivity contribution in [1.29, 1.82) is 5.26 Å². The highest BCUT2D eigenvalue weighted by atomic mass is 19.1. The molecule has 0 aliphatic rings. The Kier molecular flexibility index (Phi) is 5.94. The van der Waals surface area contributed by atoms with Crippen LogP contribution in [0.15, 0.2) is 18.2 Å². The lowest BCUT2D eigenvalue weighted by Gasteiger charge is -2.09. The van der Waals surface area contributed by atoms with E-state index in [9.17, 15) is 13.6 Å². The molecule has 5 heteroatoms. The molecule has 0 saturated heterocycles. The van der Waals surface area contributed by atoms with Gasteiger partial charge in [0.05, 0.1) is 6.07 Å². The summed E-state index contributed by atoms with van der Waals surface area (Å²) in [6.07, 6.45) is 1.59. The molecule has 1 aromatic rings. The quantitative estimate of drug-likeness (QED) is 0.860. The highest BCUT2D eigenvalue weighted by Crippen LogP contribution is 2.09. The number of nitrogens with one attached hydrogen (secondary N) is 1. The van der Waals surface area contributed by atoms with Gasteiger partial charge in [-0.1, -0.05) is 13.3 Å². The predicted octanol–water partition coefficient (Wildman–Crippen LogP) is 2.56. The molecule has 102 valence electrons. The zero-order chi connectivity index (χ0) is 14.3. The van der Waals surface area contributed by atoms with E-state index in [-0.39, 0.29) is 12.5 Å². The lowest BCUT2D eigenvalue weighted by Crippen LogP contribution is -2.31. The van der Waals surface area contributed by atoms with Gasteiger partial charge < -0.3 is 5.32 Å². The van der Waals surface area contributed by atoms with E-state index in [2.05, 4.69) is 5.32 Å². The number of nitrogens with zero attached hydrogens (tertiary/aromatic N) is 1. The molecule has 3 nitrogen and oxygen atoms in total. The van der Waals surface area contributed by atoms with Gasteiger partial charge in [-0.15, -0.1) is 0 Å². The smallest absolute Gasteiger partial charge is 0.237 e. The number of halogens is 2. The normalized spacial score (nSPS) is 11.7. The Bertz CT molecular complexity index is 463.